The summed E-state index contributed by atoms with van der Waals surface area (Å²) in [6, 6.07) is 8.85. The summed E-state index contributed by atoms with van der Waals surface area (Å²) in [6.07, 6.45) is 7.60. The lowest BCUT2D eigenvalue weighted by Gasteiger charge is -2.13. The minimum Gasteiger partial charge on any atom is -0.399 e. The molecule has 1 atom stereocenters. The largest absolute Gasteiger partial charge is 0.399 e. The van der Waals surface area contributed by atoms with Crippen LogP contribution < -0.4 is 11.1 Å². The van der Waals surface area contributed by atoms with E-state index < -0.39 is 0 Å². The van der Waals surface area contributed by atoms with Crippen molar-refractivity contribution in [3.8, 4) is 0 Å². The normalized spacial score (nSPS) is 12.6. The molecule has 0 heterocycles. The maximum atomic E-state index is 5.76. The molecule has 0 saturated heterocycles. The zero-order valence-electron chi connectivity index (χ0n) is 11.9. The molecule has 1 aromatic rings. The molecule has 0 spiro atoms. The molecule has 0 amide bonds. The van der Waals surface area contributed by atoms with Crippen LogP contribution in [0.1, 0.15) is 51.5 Å². The van der Waals surface area contributed by atoms with Crippen LogP contribution in [-0.2, 0) is 6.42 Å². The van der Waals surface area contributed by atoms with Crippen LogP contribution in [0.4, 0.5) is 5.69 Å². The highest BCUT2D eigenvalue weighted by atomic mass is 14.9. The van der Waals surface area contributed by atoms with Gasteiger partial charge in [0.1, 0.15) is 0 Å². The van der Waals surface area contributed by atoms with Gasteiger partial charge in [-0.3, -0.25) is 0 Å². The average molecular weight is 248 g/mol. The Morgan fingerprint density at radius 1 is 1.22 bits per heavy atom. The highest BCUT2D eigenvalue weighted by Gasteiger charge is 2.00. The van der Waals surface area contributed by atoms with Crippen molar-refractivity contribution in [2.75, 3.05) is 12.3 Å². The lowest BCUT2D eigenvalue weighted by molar-refractivity contribution is 0.482. The monoisotopic (exact) mass is 248 g/mol. The highest BCUT2D eigenvalue weighted by Crippen LogP contribution is 2.08. The van der Waals surface area contributed by atoms with Crippen molar-refractivity contribution in [1.29, 1.82) is 0 Å². The molecule has 0 saturated carbocycles. The second kappa shape index (κ2) is 8.98. The second-order valence-electron chi connectivity index (χ2n) is 5.20. The van der Waals surface area contributed by atoms with Crippen molar-refractivity contribution in [1.82, 2.24) is 5.32 Å². The number of rotatable bonds is 9. The fourth-order valence-corrected chi connectivity index (χ4v) is 2.19. The molecule has 3 N–H and O–H groups in total. The van der Waals surface area contributed by atoms with Crippen molar-refractivity contribution in [3.63, 3.8) is 0 Å². The first-order chi connectivity index (χ1) is 8.72. The van der Waals surface area contributed by atoms with Crippen LogP contribution in [0.5, 0.6) is 0 Å². The van der Waals surface area contributed by atoms with Crippen LogP contribution in [0.3, 0.4) is 0 Å². The zero-order valence-corrected chi connectivity index (χ0v) is 11.9. The molecule has 102 valence electrons. The maximum absolute atomic E-state index is 5.76. The van der Waals surface area contributed by atoms with Gasteiger partial charge in [0.05, 0.1) is 0 Å². The van der Waals surface area contributed by atoms with Crippen LogP contribution in [0.25, 0.3) is 0 Å². The van der Waals surface area contributed by atoms with E-state index in [0.29, 0.717) is 6.04 Å². The summed E-state index contributed by atoms with van der Waals surface area (Å²) in [5.74, 6) is 0. The van der Waals surface area contributed by atoms with Gasteiger partial charge in [0.2, 0.25) is 0 Å². The Morgan fingerprint density at radius 2 is 2.06 bits per heavy atom. The van der Waals surface area contributed by atoms with Crippen LogP contribution in [0.2, 0.25) is 0 Å². The third-order valence-corrected chi connectivity index (χ3v) is 3.33. The Hall–Kier alpha value is -1.02. The molecular weight excluding hydrogens is 220 g/mol. The van der Waals surface area contributed by atoms with Crippen LogP contribution in [0, 0.1) is 0 Å². The number of unbranched alkanes of at least 4 members (excludes halogenated alkanes) is 2. The number of anilines is 1. The molecule has 1 unspecified atom stereocenters. The van der Waals surface area contributed by atoms with Crippen molar-refractivity contribution in [2.24, 2.45) is 0 Å². The van der Waals surface area contributed by atoms with Crippen LogP contribution >= 0.6 is 0 Å². The van der Waals surface area contributed by atoms with E-state index >= 15 is 0 Å². The van der Waals surface area contributed by atoms with Gasteiger partial charge < -0.3 is 11.1 Å². The molecule has 0 aliphatic rings. The van der Waals surface area contributed by atoms with Crippen LogP contribution in [0.15, 0.2) is 24.3 Å². The highest BCUT2D eigenvalue weighted by molar-refractivity contribution is 5.40. The van der Waals surface area contributed by atoms with E-state index in [4.69, 9.17) is 5.73 Å². The summed E-state index contributed by atoms with van der Waals surface area (Å²) in [5, 5.41) is 3.60. The van der Waals surface area contributed by atoms with Gasteiger partial charge >= 0.3 is 0 Å². The lowest BCUT2D eigenvalue weighted by Crippen LogP contribution is -2.27. The number of aryl methyl sites for hydroxylation is 1. The Balaban J connectivity index is 2.07. The molecule has 0 aliphatic carbocycles. The number of nitrogens with one attached hydrogen (secondary N) is 1. The van der Waals surface area contributed by atoms with E-state index in [1.165, 1.54) is 37.7 Å². The Labute approximate surface area is 112 Å². The third-order valence-electron chi connectivity index (χ3n) is 3.33. The van der Waals surface area contributed by atoms with E-state index in [1.54, 1.807) is 0 Å². The first kappa shape index (κ1) is 15.0. The van der Waals surface area contributed by atoms with Gasteiger partial charge in [0, 0.05) is 11.7 Å². The SMILES string of the molecule is CCCCCC(C)NCCCc1cccc(N)c1. The average Bonchev–Trinajstić information content (AvgIpc) is 2.35. The molecule has 1 rings (SSSR count). The fraction of sp³-hybridized carbons (Fsp3) is 0.625. The summed E-state index contributed by atoms with van der Waals surface area (Å²) in [7, 11) is 0. The standard InChI is InChI=1S/C16H28N2/c1-3-4-5-8-14(2)18-12-7-10-15-9-6-11-16(17)13-15/h6,9,11,13-14,18H,3-5,7-8,10,12,17H2,1-2H3. The minimum absolute atomic E-state index is 0.650. The van der Waals surface area contributed by atoms with Crippen molar-refractivity contribution < 1.29 is 0 Å². The first-order valence-electron chi connectivity index (χ1n) is 7.30. The molecule has 2 heteroatoms. The topological polar surface area (TPSA) is 38.0 Å². The van der Waals surface area contributed by atoms with Crippen LogP contribution in [-0.4, -0.2) is 12.6 Å². The smallest absolute Gasteiger partial charge is 0.0316 e. The lowest BCUT2D eigenvalue weighted by atomic mass is 10.1. The Morgan fingerprint density at radius 3 is 2.78 bits per heavy atom. The Kier molecular flexibility index (Phi) is 7.51. The predicted octanol–water partition coefficient (Wildman–Crippen LogP) is 3.76. The van der Waals surface area contributed by atoms with Gasteiger partial charge in [-0.2, -0.15) is 0 Å². The van der Waals surface area contributed by atoms with E-state index in [1.807, 2.05) is 12.1 Å². The summed E-state index contributed by atoms with van der Waals surface area (Å²) in [5.41, 5.74) is 7.98. The van der Waals surface area contributed by atoms with Crippen molar-refractivity contribution in [2.45, 2.75) is 58.4 Å². The molecule has 0 aromatic heterocycles. The van der Waals surface area contributed by atoms with Gasteiger partial charge in [-0.05, 0) is 50.4 Å². The van der Waals surface area contributed by atoms with E-state index in [9.17, 15) is 0 Å². The van der Waals surface area contributed by atoms with Crippen molar-refractivity contribution >= 4 is 5.69 Å². The number of benzene rings is 1. The van der Waals surface area contributed by atoms with E-state index in [2.05, 4.69) is 31.3 Å². The second-order valence-corrected chi connectivity index (χ2v) is 5.20. The number of hydrogen-bond donors (Lipinski definition) is 2. The summed E-state index contributed by atoms with van der Waals surface area (Å²) in [6.45, 7) is 5.64. The maximum Gasteiger partial charge on any atom is 0.0316 e. The van der Waals surface area contributed by atoms with Crippen molar-refractivity contribution in [3.05, 3.63) is 29.8 Å². The molecular formula is C16H28N2. The molecule has 0 fully saturated rings. The molecule has 0 bridgehead atoms. The number of nitrogen functional groups attached to an aromatic ring is 1. The number of hydrogen-bond acceptors (Lipinski definition) is 2. The Bertz CT molecular complexity index is 323. The van der Waals surface area contributed by atoms with E-state index in [0.717, 1.165) is 18.7 Å². The summed E-state index contributed by atoms with van der Waals surface area (Å²) in [4.78, 5) is 0. The predicted molar refractivity (Wildman–Crippen MR) is 80.8 cm³/mol. The molecule has 0 aliphatic heterocycles. The third kappa shape index (κ3) is 6.65. The molecule has 0 radical (unpaired) electrons. The van der Waals surface area contributed by atoms with Gasteiger partial charge in [-0.1, -0.05) is 38.3 Å². The summed E-state index contributed by atoms with van der Waals surface area (Å²) >= 11 is 0. The van der Waals surface area contributed by atoms with Gasteiger partial charge in [-0.15, -0.1) is 0 Å². The quantitative estimate of drug-likeness (QED) is 0.516. The number of nitrogens with two attached hydrogens (primary N) is 1. The zero-order chi connectivity index (χ0) is 13.2. The van der Waals surface area contributed by atoms with Gasteiger partial charge in [0.25, 0.3) is 0 Å². The molecule has 2 nitrogen and oxygen atoms in total. The minimum atomic E-state index is 0.650. The van der Waals surface area contributed by atoms with Gasteiger partial charge in [0.15, 0.2) is 0 Å². The molecule has 18 heavy (non-hydrogen) atoms. The van der Waals surface area contributed by atoms with Gasteiger partial charge in [-0.25, -0.2) is 0 Å². The fourth-order valence-electron chi connectivity index (χ4n) is 2.19. The van der Waals surface area contributed by atoms with E-state index in [-0.39, 0.29) is 0 Å². The first-order valence-corrected chi connectivity index (χ1v) is 7.30. The summed E-state index contributed by atoms with van der Waals surface area (Å²) < 4.78 is 0. The molecule has 1 aromatic carbocycles.